The van der Waals surface area contributed by atoms with Crippen molar-refractivity contribution < 1.29 is 17.9 Å². The Morgan fingerprint density at radius 2 is 1.89 bits per heavy atom. The fourth-order valence-corrected chi connectivity index (χ4v) is 4.22. The number of para-hydroxylation sites is 1. The lowest BCUT2D eigenvalue weighted by Crippen LogP contribution is -2.28. The van der Waals surface area contributed by atoms with Crippen molar-refractivity contribution in [3.63, 3.8) is 0 Å². The molecule has 2 aromatic carbocycles. The Balaban J connectivity index is 2.03. The topological polar surface area (TPSA) is 84.5 Å². The maximum atomic E-state index is 12.6. The molecule has 0 unspecified atom stereocenters. The summed E-state index contributed by atoms with van der Waals surface area (Å²) in [6, 6.07) is 12.4. The van der Waals surface area contributed by atoms with Crippen LogP contribution in [0.15, 0.2) is 52.3 Å². The van der Waals surface area contributed by atoms with Crippen molar-refractivity contribution in [2.24, 2.45) is 0 Å². The first-order chi connectivity index (χ1) is 13.2. The van der Waals surface area contributed by atoms with Crippen LogP contribution in [0, 0.1) is 0 Å². The minimum absolute atomic E-state index is 0.0941. The summed E-state index contributed by atoms with van der Waals surface area (Å²) in [7, 11) is -3.71. The second kappa shape index (κ2) is 9.95. The van der Waals surface area contributed by atoms with Gasteiger partial charge in [-0.2, -0.15) is 0 Å². The van der Waals surface area contributed by atoms with Crippen LogP contribution < -0.4 is 14.8 Å². The van der Waals surface area contributed by atoms with Crippen LogP contribution in [0.5, 0.6) is 5.75 Å². The van der Waals surface area contributed by atoms with Crippen LogP contribution in [0.3, 0.4) is 0 Å². The third kappa shape index (κ3) is 5.98. The molecule has 1 amide bonds. The number of carbonyl (C=O) groups is 1. The molecule has 0 heterocycles. The molecule has 0 aromatic heterocycles. The molecule has 0 saturated heterocycles. The molecule has 6 nitrogen and oxygen atoms in total. The molecule has 0 aliphatic heterocycles. The number of hydrogen-bond acceptors (Lipinski definition) is 5. The van der Waals surface area contributed by atoms with Crippen LogP contribution in [0.2, 0.25) is 0 Å². The van der Waals surface area contributed by atoms with Gasteiger partial charge in [0.25, 0.3) is 0 Å². The molecule has 0 saturated carbocycles. The lowest BCUT2D eigenvalue weighted by Gasteiger charge is -2.14. The van der Waals surface area contributed by atoms with Gasteiger partial charge < -0.3 is 10.1 Å². The van der Waals surface area contributed by atoms with Crippen LogP contribution in [0.1, 0.15) is 32.3 Å². The quantitative estimate of drug-likeness (QED) is 0.474. The summed E-state index contributed by atoms with van der Waals surface area (Å²) in [5.74, 6) is 0.819. The summed E-state index contributed by atoms with van der Waals surface area (Å²) >= 11 is 1.43. The van der Waals surface area contributed by atoms with Gasteiger partial charge >= 0.3 is 0 Å². The highest BCUT2D eigenvalue weighted by molar-refractivity contribution is 7.98. The number of sulfonamides is 1. The van der Waals surface area contributed by atoms with Gasteiger partial charge in [-0.15, -0.1) is 11.8 Å². The number of hydrogen-bond donors (Lipinski definition) is 2. The second-order valence-electron chi connectivity index (χ2n) is 6.48. The largest absolute Gasteiger partial charge is 0.492 e. The van der Waals surface area contributed by atoms with Gasteiger partial charge in [0.05, 0.1) is 10.6 Å². The van der Waals surface area contributed by atoms with Crippen LogP contribution in [0.25, 0.3) is 0 Å². The standard InChI is InChI=1S/C20H26N2O4S2/c1-14(2)17-7-5-6-8-19(17)26-12-11-21-28(24,25)16-9-10-20(27-4)18(13-16)22-15(3)23/h5-10,13-14,21H,11-12H2,1-4H3,(H,22,23). The van der Waals surface area contributed by atoms with E-state index >= 15 is 0 Å². The maximum Gasteiger partial charge on any atom is 0.240 e. The predicted octanol–water partition coefficient (Wildman–Crippen LogP) is 3.85. The van der Waals surface area contributed by atoms with Crippen molar-refractivity contribution in [3.8, 4) is 5.75 Å². The highest BCUT2D eigenvalue weighted by Crippen LogP contribution is 2.28. The maximum absolute atomic E-state index is 12.6. The minimum atomic E-state index is -3.71. The third-order valence-corrected chi connectivity index (χ3v) is 6.24. The summed E-state index contributed by atoms with van der Waals surface area (Å²) in [5, 5.41) is 2.67. The number of amides is 1. The lowest BCUT2D eigenvalue weighted by molar-refractivity contribution is -0.114. The molecule has 28 heavy (non-hydrogen) atoms. The predicted molar refractivity (Wildman–Crippen MR) is 114 cm³/mol. The normalized spacial score (nSPS) is 11.5. The van der Waals surface area contributed by atoms with Gasteiger partial charge in [0, 0.05) is 18.4 Å². The number of carbonyl (C=O) groups excluding carboxylic acids is 1. The molecule has 0 spiro atoms. The number of nitrogens with one attached hydrogen (secondary N) is 2. The average Bonchev–Trinajstić information content (AvgIpc) is 2.65. The highest BCUT2D eigenvalue weighted by atomic mass is 32.2. The van der Waals surface area contributed by atoms with Crippen molar-refractivity contribution in [1.82, 2.24) is 4.72 Å². The first kappa shape index (κ1) is 22.3. The molecule has 2 N–H and O–H groups in total. The molecule has 2 aromatic rings. The zero-order valence-corrected chi connectivity index (χ0v) is 18.1. The van der Waals surface area contributed by atoms with Crippen LogP contribution >= 0.6 is 11.8 Å². The summed E-state index contributed by atoms with van der Waals surface area (Å²) in [5.41, 5.74) is 1.56. The van der Waals surface area contributed by atoms with E-state index in [1.807, 2.05) is 30.5 Å². The molecule has 0 radical (unpaired) electrons. The van der Waals surface area contributed by atoms with E-state index in [1.165, 1.54) is 30.8 Å². The summed E-state index contributed by atoms with van der Waals surface area (Å²) in [6.45, 7) is 5.89. The molecule has 152 valence electrons. The van der Waals surface area contributed by atoms with Gasteiger partial charge in [0.15, 0.2) is 0 Å². The Hall–Kier alpha value is -2.03. The fourth-order valence-electron chi connectivity index (χ4n) is 2.65. The van der Waals surface area contributed by atoms with E-state index in [-0.39, 0.29) is 24.0 Å². The van der Waals surface area contributed by atoms with Gasteiger partial charge in [-0.05, 0) is 42.0 Å². The smallest absolute Gasteiger partial charge is 0.240 e. The van der Waals surface area contributed by atoms with Crippen LogP contribution in [0.4, 0.5) is 5.69 Å². The van der Waals surface area contributed by atoms with E-state index < -0.39 is 10.0 Å². The number of benzene rings is 2. The van der Waals surface area contributed by atoms with Gasteiger partial charge in [-0.3, -0.25) is 4.79 Å². The minimum Gasteiger partial charge on any atom is -0.492 e. The molecule has 0 aliphatic carbocycles. The molecule has 0 atom stereocenters. The van der Waals surface area contributed by atoms with E-state index in [2.05, 4.69) is 23.9 Å². The third-order valence-electron chi connectivity index (χ3n) is 3.98. The molecular weight excluding hydrogens is 396 g/mol. The Morgan fingerprint density at radius 1 is 1.18 bits per heavy atom. The molecular formula is C20H26N2O4S2. The van der Waals surface area contributed by atoms with E-state index in [0.717, 1.165) is 16.2 Å². The van der Waals surface area contributed by atoms with Crippen LogP contribution in [-0.4, -0.2) is 33.7 Å². The van der Waals surface area contributed by atoms with Crippen molar-refractivity contribution >= 4 is 33.4 Å². The first-order valence-electron chi connectivity index (χ1n) is 8.91. The van der Waals surface area contributed by atoms with E-state index in [4.69, 9.17) is 4.74 Å². The molecule has 8 heteroatoms. The van der Waals surface area contributed by atoms with Crippen LogP contribution in [-0.2, 0) is 14.8 Å². The summed E-state index contributed by atoms with van der Waals surface area (Å²) in [4.78, 5) is 12.2. The SMILES string of the molecule is CSc1ccc(S(=O)(=O)NCCOc2ccccc2C(C)C)cc1NC(C)=O. The fraction of sp³-hybridized carbons (Fsp3) is 0.350. The van der Waals surface area contributed by atoms with Gasteiger partial charge in [0.1, 0.15) is 12.4 Å². The van der Waals surface area contributed by atoms with E-state index in [1.54, 1.807) is 6.07 Å². The van der Waals surface area contributed by atoms with Gasteiger partial charge in [-0.1, -0.05) is 32.0 Å². The van der Waals surface area contributed by atoms with Crippen molar-refractivity contribution in [1.29, 1.82) is 0 Å². The lowest BCUT2D eigenvalue weighted by atomic mass is 10.0. The summed E-state index contributed by atoms with van der Waals surface area (Å²) < 4.78 is 33.4. The first-order valence-corrected chi connectivity index (χ1v) is 11.6. The zero-order valence-electron chi connectivity index (χ0n) is 16.5. The average molecular weight is 423 g/mol. The number of ether oxygens (including phenoxy) is 1. The van der Waals surface area contributed by atoms with Crippen molar-refractivity contribution in [2.75, 3.05) is 24.7 Å². The van der Waals surface area contributed by atoms with E-state index in [0.29, 0.717) is 11.6 Å². The second-order valence-corrected chi connectivity index (χ2v) is 9.10. The number of anilines is 1. The summed E-state index contributed by atoms with van der Waals surface area (Å²) in [6.07, 6.45) is 1.86. The Morgan fingerprint density at radius 3 is 2.54 bits per heavy atom. The molecule has 0 aliphatic rings. The van der Waals surface area contributed by atoms with E-state index in [9.17, 15) is 13.2 Å². The van der Waals surface area contributed by atoms with Gasteiger partial charge in [-0.25, -0.2) is 13.1 Å². The Bertz CT molecular complexity index is 928. The van der Waals surface area contributed by atoms with Crippen molar-refractivity contribution in [3.05, 3.63) is 48.0 Å². The highest BCUT2D eigenvalue weighted by Gasteiger charge is 2.16. The van der Waals surface area contributed by atoms with Gasteiger partial charge in [0.2, 0.25) is 15.9 Å². The number of rotatable bonds is 9. The Kier molecular flexibility index (Phi) is 7.91. The molecule has 0 fully saturated rings. The molecule has 2 rings (SSSR count). The monoisotopic (exact) mass is 422 g/mol. The van der Waals surface area contributed by atoms with Crippen molar-refractivity contribution in [2.45, 2.75) is 36.5 Å². The Labute approximate surface area is 171 Å². The number of thioether (sulfide) groups is 1. The zero-order chi connectivity index (χ0) is 20.7. The molecule has 0 bridgehead atoms.